The predicted molar refractivity (Wildman–Crippen MR) is 134 cm³/mol. The van der Waals surface area contributed by atoms with Gasteiger partial charge in [0.25, 0.3) is 11.7 Å². The molecule has 0 bridgehead atoms. The monoisotopic (exact) mass is 509 g/mol. The van der Waals surface area contributed by atoms with Gasteiger partial charge in [0.05, 0.1) is 11.6 Å². The van der Waals surface area contributed by atoms with Crippen molar-refractivity contribution in [2.45, 2.75) is 45.5 Å². The number of ether oxygens (including phenoxy) is 1. The van der Waals surface area contributed by atoms with Crippen molar-refractivity contribution in [1.82, 2.24) is 0 Å². The molecule has 1 aliphatic rings. The smallest absolute Gasteiger partial charge is 0.507 e. The number of Topliss-reactive ketones (excluding diaryl/α,β-unsaturated/α-hetero) is 1. The molecule has 3 aromatic carbocycles. The van der Waals surface area contributed by atoms with Crippen LogP contribution < -0.4 is 9.64 Å². The Morgan fingerprint density at radius 1 is 0.919 bits per heavy atom. The van der Waals surface area contributed by atoms with E-state index in [2.05, 4.69) is 4.74 Å². The molecule has 1 N–H and O–H groups in total. The van der Waals surface area contributed by atoms with Crippen LogP contribution in [-0.4, -0.2) is 23.2 Å². The second kappa shape index (κ2) is 9.42. The third kappa shape index (κ3) is 5.23. The molecule has 0 radical (unpaired) electrons. The van der Waals surface area contributed by atoms with Crippen molar-refractivity contribution in [2.24, 2.45) is 0 Å². The molecule has 1 heterocycles. The topological polar surface area (TPSA) is 66.8 Å². The molecule has 1 unspecified atom stereocenters. The summed E-state index contributed by atoms with van der Waals surface area (Å²) in [5.41, 5.74) is 2.51. The van der Waals surface area contributed by atoms with Gasteiger partial charge in [-0.15, -0.1) is 13.2 Å². The van der Waals surface area contributed by atoms with Crippen LogP contribution in [0.25, 0.3) is 5.76 Å². The standard InChI is InChI=1S/C29H26F3NO4/c1-17-10-11-19(28(2,3)4)16-22(17)25(34)23-24(18-8-6-5-7-9-18)33(27(36)26(23)35)20-12-14-21(15-13-20)37-29(30,31)32/h5-16,24,34H,1-4H3/b25-23+. The number of carbonyl (C=O) groups excluding carboxylic acids is 2. The molecule has 192 valence electrons. The van der Waals surface area contributed by atoms with Crippen molar-refractivity contribution < 1.29 is 32.6 Å². The van der Waals surface area contributed by atoms with Crippen molar-refractivity contribution in [3.63, 3.8) is 0 Å². The number of aryl methyl sites for hydroxylation is 1. The van der Waals surface area contributed by atoms with Crippen LogP contribution in [0.4, 0.5) is 18.9 Å². The second-order valence-corrected chi connectivity index (χ2v) is 9.90. The Balaban J connectivity index is 1.88. The molecule has 1 amide bonds. The van der Waals surface area contributed by atoms with Gasteiger partial charge in [0, 0.05) is 11.3 Å². The fourth-order valence-corrected chi connectivity index (χ4v) is 4.35. The lowest BCUT2D eigenvalue weighted by atomic mass is 9.84. The van der Waals surface area contributed by atoms with Crippen LogP contribution in [-0.2, 0) is 15.0 Å². The first-order valence-corrected chi connectivity index (χ1v) is 11.6. The number of amides is 1. The molecule has 0 aliphatic carbocycles. The van der Waals surface area contributed by atoms with Gasteiger partial charge >= 0.3 is 6.36 Å². The van der Waals surface area contributed by atoms with Crippen LogP contribution in [0.5, 0.6) is 5.75 Å². The molecule has 4 rings (SSSR count). The number of benzene rings is 3. The number of ketones is 1. The van der Waals surface area contributed by atoms with Crippen LogP contribution >= 0.6 is 0 Å². The summed E-state index contributed by atoms with van der Waals surface area (Å²) in [7, 11) is 0. The Bertz CT molecular complexity index is 1370. The van der Waals surface area contributed by atoms with E-state index in [1.54, 1.807) is 37.3 Å². The molecule has 3 aromatic rings. The number of alkyl halides is 3. The number of anilines is 1. The Morgan fingerprint density at radius 3 is 2.11 bits per heavy atom. The van der Waals surface area contributed by atoms with Gasteiger partial charge in [-0.25, -0.2) is 0 Å². The van der Waals surface area contributed by atoms with Crippen LogP contribution in [0, 0.1) is 6.92 Å². The average molecular weight is 510 g/mol. The summed E-state index contributed by atoms with van der Waals surface area (Å²) in [6, 6.07) is 18.0. The summed E-state index contributed by atoms with van der Waals surface area (Å²) in [6.07, 6.45) is -4.87. The van der Waals surface area contributed by atoms with Crippen molar-refractivity contribution in [3.8, 4) is 5.75 Å². The third-order valence-electron chi connectivity index (χ3n) is 6.27. The molecule has 1 fully saturated rings. The minimum absolute atomic E-state index is 0.0963. The lowest BCUT2D eigenvalue weighted by molar-refractivity contribution is -0.274. The SMILES string of the molecule is Cc1ccc(C(C)(C)C)cc1/C(O)=C1\C(=O)C(=O)N(c2ccc(OC(F)(F)F)cc2)C1c1ccccc1. The van der Waals surface area contributed by atoms with E-state index in [0.29, 0.717) is 11.1 Å². The van der Waals surface area contributed by atoms with E-state index in [1.165, 1.54) is 17.0 Å². The molecule has 1 saturated heterocycles. The molecule has 37 heavy (non-hydrogen) atoms. The fraction of sp³-hybridized carbons (Fsp3) is 0.241. The number of aliphatic hydroxyl groups is 1. The number of hydrogen-bond acceptors (Lipinski definition) is 4. The lowest BCUT2D eigenvalue weighted by Crippen LogP contribution is -2.29. The maximum absolute atomic E-state index is 13.4. The normalized spacial score (nSPS) is 17.8. The average Bonchev–Trinajstić information content (AvgIpc) is 3.09. The summed E-state index contributed by atoms with van der Waals surface area (Å²) < 4.78 is 41.8. The van der Waals surface area contributed by atoms with Gasteiger partial charge in [0.15, 0.2) is 0 Å². The molecule has 1 atom stereocenters. The van der Waals surface area contributed by atoms with E-state index in [9.17, 15) is 27.9 Å². The molecule has 0 spiro atoms. The van der Waals surface area contributed by atoms with Gasteiger partial charge in [0.2, 0.25) is 0 Å². The number of halogens is 3. The number of carbonyl (C=O) groups is 2. The summed E-state index contributed by atoms with van der Waals surface area (Å²) in [4.78, 5) is 27.8. The van der Waals surface area contributed by atoms with Crippen LogP contribution in [0.1, 0.15) is 49.1 Å². The van der Waals surface area contributed by atoms with Crippen molar-refractivity contribution in [1.29, 1.82) is 0 Å². The van der Waals surface area contributed by atoms with Gasteiger partial charge in [-0.05, 0) is 59.4 Å². The van der Waals surface area contributed by atoms with E-state index >= 15 is 0 Å². The van der Waals surface area contributed by atoms with Crippen molar-refractivity contribution in [2.75, 3.05) is 4.90 Å². The zero-order valence-electron chi connectivity index (χ0n) is 20.8. The maximum Gasteiger partial charge on any atom is 0.573 e. The first kappa shape index (κ1) is 26.0. The minimum atomic E-state index is -4.87. The molecule has 0 aromatic heterocycles. The highest BCUT2D eigenvalue weighted by Crippen LogP contribution is 2.43. The molecular formula is C29H26F3NO4. The fourth-order valence-electron chi connectivity index (χ4n) is 4.35. The highest BCUT2D eigenvalue weighted by Gasteiger charge is 2.47. The Hall–Kier alpha value is -4.07. The zero-order valence-corrected chi connectivity index (χ0v) is 20.8. The van der Waals surface area contributed by atoms with Crippen molar-refractivity contribution >= 4 is 23.1 Å². The number of nitrogens with zero attached hydrogens (tertiary/aromatic N) is 1. The van der Waals surface area contributed by atoms with Gasteiger partial charge < -0.3 is 9.84 Å². The Morgan fingerprint density at radius 2 is 1.54 bits per heavy atom. The highest BCUT2D eigenvalue weighted by molar-refractivity contribution is 6.51. The third-order valence-corrected chi connectivity index (χ3v) is 6.27. The predicted octanol–water partition coefficient (Wildman–Crippen LogP) is 6.82. The zero-order chi connectivity index (χ0) is 27.1. The molecule has 5 nitrogen and oxygen atoms in total. The van der Waals surface area contributed by atoms with Crippen molar-refractivity contribution in [3.05, 3.63) is 101 Å². The molecule has 1 aliphatic heterocycles. The largest absolute Gasteiger partial charge is 0.573 e. The van der Waals surface area contributed by atoms with E-state index in [4.69, 9.17) is 0 Å². The molecule has 8 heteroatoms. The Kier molecular flexibility index (Phi) is 6.62. The quantitative estimate of drug-likeness (QED) is 0.238. The van der Waals surface area contributed by atoms with Crippen LogP contribution in [0.3, 0.4) is 0 Å². The van der Waals surface area contributed by atoms with Crippen LogP contribution in [0.2, 0.25) is 0 Å². The Labute approximate surface area is 212 Å². The van der Waals surface area contributed by atoms with E-state index in [1.807, 2.05) is 39.0 Å². The van der Waals surface area contributed by atoms with E-state index < -0.39 is 29.8 Å². The lowest BCUT2D eigenvalue weighted by Gasteiger charge is -2.26. The highest BCUT2D eigenvalue weighted by atomic mass is 19.4. The van der Waals surface area contributed by atoms with E-state index in [0.717, 1.165) is 23.3 Å². The molecule has 0 saturated carbocycles. The van der Waals surface area contributed by atoms with Gasteiger partial charge in [-0.3, -0.25) is 14.5 Å². The summed E-state index contributed by atoms with van der Waals surface area (Å²) in [6.45, 7) is 7.87. The van der Waals surface area contributed by atoms with Gasteiger partial charge in [-0.2, -0.15) is 0 Å². The summed E-state index contributed by atoms with van der Waals surface area (Å²) in [5, 5.41) is 11.5. The second-order valence-electron chi connectivity index (χ2n) is 9.90. The first-order chi connectivity index (χ1) is 17.3. The number of rotatable bonds is 4. The van der Waals surface area contributed by atoms with Crippen LogP contribution in [0.15, 0.2) is 78.4 Å². The molecular weight excluding hydrogens is 483 g/mol. The summed E-state index contributed by atoms with van der Waals surface area (Å²) in [5.74, 6) is -2.55. The number of aliphatic hydroxyl groups excluding tert-OH is 1. The van der Waals surface area contributed by atoms with Gasteiger partial charge in [-0.1, -0.05) is 63.2 Å². The number of hydrogen-bond donors (Lipinski definition) is 1. The summed E-state index contributed by atoms with van der Waals surface area (Å²) >= 11 is 0. The van der Waals surface area contributed by atoms with Gasteiger partial charge in [0.1, 0.15) is 11.5 Å². The minimum Gasteiger partial charge on any atom is -0.507 e. The van der Waals surface area contributed by atoms with E-state index in [-0.39, 0.29) is 22.4 Å². The maximum atomic E-state index is 13.4. The first-order valence-electron chi connectivity index (χ1n) is 11.6.